The first-order chi connectivity index (χ1) is 21.7. The van der Waals surface area contributed by atoms with Gasteiger partial charge in [0.15, 0.2) is 5.82 Å². The number of rotatable bonds is 7. The smallest absolute Gasteiger partial charge is 0.319 e. The Bertz CT molecular complexity index is 1530. The Hall–Kier alpha value is -3.42. The Labute approximate surface area is 261 Å². The van der Waals surface area contributed by atoms with E-state index in [0.717, 1.165) is 25.8 Å². The Balaban J connectivity index is 1.47. The lowest BCUT2D eigenvalue weighted by Crippen LogP contribution is -2.46. The molecule has 1 aromatic carbocycles. The van der Waals surface area contributed by atoms with Crippen LogP contribution in [0.3, 0.4) is 0 Å². The molecule has 4 N–H and O–H groups in total. The molecule has 45 heavy (non-hydrogen) atoms. The maximum Gasteiger partial charge on any atom is 0.319 e. The molecule has 0 saturated carbocycles. The molecule has 1 unspecified atom stereocenters. The minimum Gasteiger partial charge on any atom is -0.474 e. The Morgan fingerprint density at radius 2 is 2.02 bits per heavy atom. The molecule has 2 fully saturated rings. The van der Waals surface area contributed by atoms with Gasteiger partial charge in [0.1, 0.15) is 29.0 Å². The van der Waals surface area contributed by atoms with E-state index in [9.17, 15) is 8.78 Å². The zero-order valence-corrected chi connectivity index (χ0v) is 26.0. The average molecular weight is 630 g/mol. The number of morpholine rings is 1. The van der Waals surface area contributed by atoms with E-state index in [0.29, 0.717) is 62.4 Å². The van der Waals surface area contributed by atoms with Crippen LogP contribution >= 0.6 is 0 Å². The molecule has 2 saturated heterocycles. The molecule has 0 aliphatic carbocycles. The highest BCUT2D eigenvalue weighted by atomic mass is 19.3. The third kappa shape index (κ3) is 6.75. The summed E-state index contributed by atoms with van der Waals surface area (Å²) in [4.78, 5) is 16.3. The molecule has 2 aromatic heterocycles. The molecule has 6 rings (SSSR count). The lowest BCUT2D eigenvalue weighted by molar-refractivity contribution is -0.0101. The largest absolute Gasteiger partial charge is 0.474 e. The first kappa shape index (κ1) is 31.6. The molecule has 0 spiro atoms. The van der Waals surface area contributed by atoms with Crippen molar-refractivity contribution < 1.29 is 27.4 Å². The topological polar surface area (TPSA) is 120 Å². The molecule has 244 valence electrons. The zero-order chi connectivity index (χ0) is 31.7. The van der Waals surface area contributed by atoms with Gasteiger partial charge in [-0.3, -0.25) is 4.90 Å². The number of nitrogens with two attached hydrogens (primary N) is 1. The van der Waals surface area contributed by atoms with Gasteiger partial charge in [-0.15, -0.1) is 0 Å². The molecule has 3 aliphatic rings. The van der Waals surface area contributed by atoms with E-state index in [1.165, 1.54) is 6.07 Å². The lowest BCUT2D eigenvalue weighted by Gasteiger charge is -2.33. The highest BCUT2D eigenvalue weighted by Crippen LogP contribution is 2.40. The number of nitrogens with one attached hydrogen (secondary N) is 2. The third-order valence-corrected chi connectivity index (χ3v) is 9.09. The number of benzene rings is 1. The number of hydrogen-bond donors (Lipinski definition) is 3. The van der Waals surface area contributed by atoms with E-state index in [1.54, 1.807) is 13.0 Å². The number of hydrogen-bond acceptors (Lipinski definition) is 10. The number of nitrogen functional groups attached to an aromatic ring is 1. The molecule has 3 aliphatic heterocycles. The fraction of sp³-hybridized carbons (Fsp3) is 0.594. The molecule has 3 aromatic rings. The van der Waals surface area contributed by atoms with E-state index >= 15 is 4.39 Å². The van der Waals surface area contributed by atoms with E-state index in [4.69, 9.17) is 19.9 Å². The van der Waals surface area contributed by atoms with Gasteiger partial charge < -0.3 is 30.6 Å². The number of halogens is 3. The number of pyridine rings is 1. The quantitative estimate of drug-likeness (QED) is 0.317. The van der Waals surface area contributed by atoms with E-state index < -0.39 is 18.7 Å². The van der Waals surface area contributed by atoms with Gasteiger partial charge in [0.05, 0.1) is 19.3 Å². The van der Waals surface area contributed by atoms with E-state index in [2.05, 4.69) is 37.4 Å². The van der Waals surface area contributed by atoms with Crippen LogP contribution in [-0.2, 0) is 11.2 Å². The fourth-order valence-electron chi connectivity index (χ4n) is 6.85. The SMILES string of the molecule is CCC1C[C@H](C)Oc2nc(-c3cc(N)cc(C)c3CC(F)F)c(F)c3nc(OC[C@@H]4CC[C@H]5COCCN54)nc(c23)NCCN1. The summed E-state index contributed by atoms with van der Waals surface area (Å²) in [6.45, 7) is 9.43. The van der Waals surface area contributed by atoms with Crippen LogP contribution in [0, 0.1) is 12.7 Å². The van der Waals surface area contributed by atoms with Crippen molar-refractivity contribution in [3.05, 3.63) is 29.1 Å². The van der Waals surface area contributed by atoms with Crippen LogP contribution in [0.2, 0.25) is 0 Å². The zero-order valence-electron chi connectivity index (χ0n) is 26.0. The molecule has 0 amide bonds. The van der Waals surface area contributed by atoms with Crippen molar-refractivity contribution in [1.82, 2.24) is 25.2 Å². The standard InChI is InChI=1S/C32H42F3N7O3/c1-4-20-12-18(3)45-31-26-29(27(35)28(39-31)24-13-19(36)11-17(2)23(24)14-25(33)34)40-32(41-30(26)38-8-7-37-20)44-16-22-6-5-21-15-43-10-9-42(21)22/h11,13,18,20-22,25,37H,4-10,12,14-16,36H2,1-3H3,(H,38,40,41)/t18-,20?,21-,22-/m0/s1. The van der Waals surface area contributed by atoms with Gasteiger partial charge in [0.25, 0.3) is 0 Å². The minimum atomic E-state index is -2.65. The Kier molecular flexibility index (Phi) is 9.48. The van der Waals surface area contributed by atoms with Crippen molar-refractivity contribution in [2.75, 3.05) is 50.5 Å². The molecular formula is C32H42F3N7O3. The van der Waals surface area contributed by atoms with Gasteiger partial charge in [0.2, 0.25) is 12.3 Å². The van der Waals surface area contributed by atoms with Gasteiger partial charge in [-0.1, -0.05) is 6.92 Å². The van der Waals surface area contributed by atoms with Crippen LogP contribution in [0.4, 0.5) is 24.7 Å². The number of aryl methyl sites for hydroxylation is 1. The number of fused-ring (bicyclic) bond motifs is 1. The second-order valence-electron chi connectivity index (χ2n) is 12.3. The first-order valence-electron chi connectivity index (χ1n) is 15.9. The summed E-state index contributed by atoms with van der Waals surface area (Å²) in [5.41, 5.74) is 7.21. The van der Waals surface area contributed by atoms with Crippen LogP contribution in [0.15, 0.2) is 12.1 Å². The molecular weight excluding hydrogens is 587 g/mol. The van der Waals surface area contributed by atoms with Crippen molar-refractivity contribution in [2.24, 2.45) is 0 Å². The summed E-state index contributed by atoms with van der Waals surface area (Å²) < 4.78 is 62.4. The van der Waals surface area contributed by atoms with Crippen LogP contribution in [0.1, 0.15) is 50.7 Å². The Morgan fingerprint density at radius 1 is 1.18 bits per heavy atom. The van der Waals surface area contributed by atoms with E-state index in [-0.39, 0.29) is 57.8 Å². The fourth-order valence-corrected chi connectivity index (χ4v) is 6.85. The maximum absolute atomic E-state index is 16.8. The van der Waals surface area contributed by atoms with Gasteiger partial charge >= 0.3 is 6.01 Å². The summed E-state index contributed by atoms with van der Waals surface area (Å²) in [7, 11) is 0. The lowest BCUT2D eigenvalue weighted by atomic mass is 9.95. The number of alkyl halides is 2. The van der Waals surface area contributed by atoms with Crippen molar-refractivity contribution in [3.8, 4) is 23.1 Å². The molecule has 13 heteroatoms. The highest BCUT2D eigenvalue weighted by Gasteiger charge is 2.36. The van der Waals surface area contributed by atoms with Gasteiger partial charge in [-0.2, -0.15) is 9.97 Å². The van der Waals surface area contributed by atoms with Crippen LogP contribution in [0.5, 0.6) is 11.9 Å². The summed E-state index contributed by atoms with van der Waals surface area (Å²) >= 11 is 0. The Morgan fingerprint density at radius 3 is 2.82 bits per heavy atom. The van der Waals surface area contributed by atoms with Crippen molar-refractivity contribution in [2.45, 2.75) is 83.5 Å². The number of aromatic nitrogens is 3. The predicted octanol–water partition coefficient (Wildman–Crippen LogP) is 4.72. The summed E-state index contributed by atoms with van der Waals surface area (Å²) in [6, 6.07) is 3.83. The second-order valence-corrected chi connectivity index (χ2v) is 12.3. The number of ether oxygens (including phenoxy) is 3. The molecule has 0 bridgehead atoms. The second kappa shape index (κ2) is 13.5. The monoisotopic (exact) mass is 629 g/mol. The van der Waals surface area contributed by atoms with Gasteiger partial charge in [-0.25, -0.2) is 18.2 Å². The van der Waals surface area contributed by atoms with E-state index in [1.807, 2.05) is 6.92 Å². The van der Waals surface area contributed by atoms with Crippen LogP contribution in [-0.4, -0.2) is 90.0 Å². The molecule has 10 nitrogen and oxygen atoms in total. The maximum atomic E-state index is 16.8. The van der Waals surface area contributed by atoms with Gasteiger partial charge in [-0.05, 0) is 62.8 Å². The van der Waals surface area contributed by atoms with Crippen LogP contribution < -0.4 is 25.8 Å². The highest BCUT2D eigenvalue weighted by molar-refractivity contribution is 5.96. The summed E-state index contributed by atoms with van der Waals surface area (Å²) in [5, 5.41) is 7.12. The molecule has 5 heterocycles. The number of nitrogens with zero attached hydrogens (tertiary/aromatic N) is 4. The minimum absolute atomic E-state index is 0.0163. The molecule has 4 atom stereocenters. The van der Waals surface area contributed by atoms with Crippen molar-refractivity contribution in [1.29, 1.82) is 0 Å². The third-order valence-electron chi connectivity index (χ3n) is 9.09. The average Bonchev–Trinajstić information content (AvgIpc) is 3.41. The predicted molar refractivity (Wildman–Crippen MR) is 167 cm³/mol. The first-order valence-corrected chi connectivity index (χ1v) is 15.9. The van der Waals surface area contributed by atoms with Crippen LogP contribution in [0.25, 0.3) is 22.2 Å². The summed E-state index contributed by atoms with van der Waals surface area (Å²) in [6.07, 6.45) is 0.0232. The van der Waals surface area contributed by atoms with Crippen molar-refractivity contribution >= 4 is 22.4 Å². The summed E-state index contributed by atoms with van der Waals surface area (Å²) in [5.74, 6) is -0.330. The molecule has 0 radical (unpaired) electrons. The number of anilines is 2. The normalized spacial score (nSPS) is 24.2. The van der Waals surface area contributed by atoms with Crippen molar-refractivity contribution in [3.63, 3.8) is 0 Å². The van der Waals surface area contributed by atoms with Gasteiger partial charge in [0, 0.05) is 55.4 Å².